The largest absolute Gasteiger partial charge is 0.418 e. The van der Waals surface area contributed by atoms with Crippen LogP contribution in [0.3, 0.4) is 0 Å². The summed E-state index contributed by atoms with van der Waals surface area (Å²) in [6.07, 6.45) is -5.45. The van der Waals surface area contributed by atoms with E-state index >= 15 is 0 Å². The van der Waals surface area contributed by atoms with Crippen LogP contribution in [0.5, 0.6) is 0 Å². The van der Waals surface area contributed by atoms with E-state index in [1.807, 2.05) is 0 Å². The van der Waals surface area contributed by atoms with Crippen molar-refractivity contribution in [2.24, 2.45) is 0 Å². The normalized spacial score (nSPS) is 12.2. The Labute approximate surface area is 107 Å². The lowest BCUT2D eigenvalue weighted by molar-refractivity contribution is -0.422. The molecule has 0 aliphatic heterocycles. The van der Waals surface area contributed by atoms with Crippen molar-refractivity contribution < 1.29 is 35.3 Å². The Morgan fingerprint density at radius 2 is 1.40 bits per heavy atom. The van der Waals surface area contributed by atoms with Gasteiger partial charge < -0.3 is 0 Å². The fourth-order valence-electron chi connectivity index (χ4n) is 1.27. The van der Waals surface area contributed by atoms with Crippen LogP contribution < -0.4 is 0 Å². The molecule has 110 valence electrons. The van der Waals surface area contributed by atoms with E-state index in [0.29, 0.717) is 0 Å². The number of nitrogens with zero attached hydrogens (tertiary/aromatic N) is 2. The SMILES string of the molecule is O=[N+]([O-])c1cc(C(F)(F)F)c(S(=O)(=O)F)cc1[N+](=O)[O-]. The van der Waals surface area contributed by atoms with Crippen molar-refractivity contribution in [1.29, 1.82) is 0 Å². The summed E-state index contributed by atoms with van der Waals surface area (Å²) >= 11 is 0. The van der Waals surface area contributed by atoms with E-state index < -0.39 is 54.1 Å². The van der Waals surface area contributed by atoms with Crippen LogP contribution in [0.25, 0.3) is 0 Å². The van der Waals surface area contributed by atoms with Crippen molar-refractivity contribution >= 4 is 21.6 Å². The fraction of sp³-hybridized carbons (Fsp3) is 0.143. The summed E-state index contributed by atoms with van der Waals surface area (Å²) in [5.74, 6) is 0. The smallest absolute Gasteiger partial charge is 0.258 e. The molecule has 1 rings (SSSR count). The van der Waals surface area contributed by atoms with Crippen molar-refractivity contribution in [3.63, 3.8) is 0 Å². The molecule has 13 heteroatoms. The Hall–Kier alpha value is -2.31. The lowest BCUT2D eigenvalue weighted by Gasteiger charge is -2.09. The van der Waals surface area contributed by atoms with Crippen LogP contribution in [-0.2, 0) is 16.4 Å². The lowest BCUT2D eigenvalue weighted by Crippen LogP contribution is -2.13. The van der Waals surface area contributed by atoms with Gasteiger partial charge in [-0.2, -0.15) is 21.6 Å². The first kappa shape index (κ1) is 15.7. The van der Waals surface area contributed by atoms with E-state index in [4.69, 9.17) is 0 Å². The summed E-state index contributed by atoms with van der Waals surface area (Å²) < 4.78 is 71.6. The van der Waals surface area contributed by atoms with Gasteiger partial charge in [0.1, 0.15) is 4.90 Å². The highest BCUT2D eigenvalue weighted by Crippen LogP contribution is 2.41. The van der Waals surface area contributed by atoms with Crippen molar-refractivity contribution in [1.82, 2.24) is 0 Å². The standard InChI is InChI=1S/C7H2F4N2O6S/c8-7(9,10)3-1-4(12(14)15)5(13(16)17)2-6(3)20(11,18)19/h1-2H. The summed E-state index contributed by atoms with van der Waals surface area (Å²) in [5.41, 5.74) is -5.37. The van der Waals surface area contributed by atoms with E-state index in [1.165, 1.54) is 0 Å². The maximum atomic E-state index is 12.8. The molecule has 0 radical (unpaired) electrons. The Bertz CT molecular complexity index is 698. The molecule has 0 aromatic heterocycles. The van der Waals surface area contributed by atoms with Crippen molar-refractivity contribution in [3.05, 3.63) is 37.9 Å². The number of hydrogen-bond acceptors (Lipinski definition) is 6. The molecule has 0 aliphatic rings. The summed E-state index contributed by atoms with van der Waals surface area (Å²) in [6, 6.07) is -0.735. The Morgan fingerprint density at radius 3 is 1.70 bits per heavy atom. The average molecular weight is 318 g/mol. The first-order chi connectivity index (χ1) is 8.85. The van der Waals surface area contributed by atoms with Crippen LogP contribution in [0, 0.1) is 20.2 Å². The second kappa shape index (κ2) is 4.66. The molecule has 0 heterocycles. The maximum Gasteiger partial charge on any atom is 0.418 e. The zero-order valence-electron chi connectivity index (χ0n) is 8.92. The number of alkyl halides is 3. The van der Waals surface area contributed by atoms with Gasteiger partial charge >= 0.3 is 27.8 Å². The quantitative estimate of drug-likeness (QED) is 0.364. The first-order valence-electron chi connectivity index (χ1n) is 4.34. The lowest BCUT2D eigenvalue weighted by atomic mass is 10.1. The summed E-state index contributed by atoms with van der Waals surface area (Å²) in [4.78, 5) is 15.9. The van der Waals surface area contributed by atoms with Gasteiger partial charge in [-0.15, -0.1) is 3.89 Å². The van der Waals surface area contributed by atoms with Gasteiger partial charge in [0.05, 0.1) is 15.4 Å². The minimum atomic E-state index is -5.96. The molecule has 0 spiro atoms. The second-order valence-electron chi connectivity index (χ2n) is 3.29. The summed E-state index contributed by atoms with van der Waals surface area (Å²) in [6.45, 7) is 0. The van der Waals surface area contributed by atoms with Crippen LogP contribution in [0.15, 0.2) is 17.0 Å². The van der Waals surface area contributed by atoms with Crippen molar-refractivity contribution in [3.8, 4) is 0 Å². The van der Waals surface area contributed by atoms with Gasteiger partial charge in [-0.1, -0.05) is 0 Å². The molecule has 20 heavy (non-hydrogen) atoms. The molecule has 0 atom stereocenters. The molecule has 0 saturated carbocycles. The summed E-state index contributed by atoms with van der Waals surface area (Å²) in [7, 11) is -5.96. The van der Waals surface area contributed by atoms with Gasteiger partial charge in [0.15, 0.2) is 0 Å². The molecule has 1 aromatic rings. The van der Waals surface area contributed by atoms with Gasteiger partial charge in [-0.25, -0.2) is 0 Å². The zero-order chi connectivity index (χ0) is 15.9. The molecular formula is C7H2F4N2O6S. The van der Waals surface area contributed by atoms with Crippen LogP contribution in [0.2, 0.25) is 0 Å². The number of rotatable bonds is 3. The zero-order valence-corrected chi connectivity index (χ0v) is 9.74. The Balaban J connectivity index is 3.90. The van der Waals surface area contributed by atoms with Gasteiger partial charge in [0, 0.05) is 12.1 Å². The first-order valence-corrected chi connectivity index (χ1v) is 5.72. The van der Waals surface area contributed by atoms with Crippen LogP contribution in [0.1, 0.15) is 5.56 Å². The third kappa shape index (κ3) is 2.98. The molecule has 0 bridgehead atoms. The highest BCUT2D eigenvalue weighted by Gasteiger charge is 2.42. The maximum absolute atomic E-state index is 12.8. The third-order valence-corrected chi connectivity index (χ3v) is 2.90. The van der Waals surface area contributed by atoms with Crippen molar-refractivity contribution in [2.45, 2.75) is 11.1 Å². The Kier molecular flexibility index (Phi) is 3.67. The van der Waals surface area contributed by atoms with E-state index in [9.17, 15) is 45.7 Å². The van der Waals surface area contributed by atoms with Crippen LogP contribution in [0.4, 0.5) is 28.4 Å². The highest BCUT2D eigenvalue weighted by molar-refractivity contribution is 7.86. The van der Waals surface area contributed by atoms with Gasteiger partial charge in [0.25, 0.3) is 0 Å². The second-order valence-corrected chi connectivity index (χ2v) is 4.60. The molecule has 1 aromatic carbocycles. The molecule has 0 N–H and O–H groups in total. The minimum Gasteiger partial charge on any atom is -0.258 e. The molecule has 0 fully saturated rings. The number of hydrogen-bond donors (Lipinski definition) is 0. The van der Waals surface area contributed by atoms with Crippen molar-refractivity contribution in [2.75, 3.05) is 0 Å². The van der Waals surface area contributed by atoms with Crippen LogP contribution >= 0.6 is 0 Å². The minimum absolute atomic E-state index is 0.337. The molecular weight excluding hydrogens is 316 g/mol. The van der Waals surface area contributed by atoms with E-state index in [-0.39, 0.29) is 6.07 Å². The number of nitro benzene ring substituents is 2. The number of nitro groups is 2. The molecule has 0 amide bonds. The van der Waals surface area contributed by atoms with E-state index in [0.717, 1.165) is 0 Å². The van der Waals surface area contributed by atoms with Gasteiger partial charge in [-0.3, -0.25) is 20.2 Å². The molecule has 0 aliphatic carbocycles. The predicted octanol–water partition coefficient (Wildman–Crippen LogP) is 2.18. The number of benzene rings is 1. The fourth-order valence-corrected chi connectivity index (χ4v) is 1.96. The topological polar surface area (TPSA) is 120 Å². The van der Waals surface area contributed by atoms with E-state index in [2.05, 4.69) is 0 Å². The molecule has 8 nitrogen and oxygen atoms in total. The van der Waals surface area contributed by atoms with Gasteiger partial charge in [-0.05, 0) is 0 Å². The molecule has 0 saturated heterocycles. The molecule has 0 unspecified atom stereocenters. The van der Waals surface area contributed by atoms with Gasteiger partial charge in [0.2, 0.25) is 0 Å². The monoisotopic (exact) mass is 318 g/mol. The highest BCUT2D eigenvalue weighted by atomic mass is 32.3. The average Bonchev–Trinajstić information content (AvgIpc) is 2.24. The number of halogens is 4. The third-order valence-electron chi connectivity index (χ3n) is 2.04. The Morgan fingerprint density at radius 1 is 1.00 bits per heavy atom. The van der Waals surface area contributed by atoms with E-state index in [1.54, 1.807) is 0 Å². The van der Waals surface area contributed by atoms with Crippen LogP contribution in [-0.4, -0.2) is 18.3 Å². The predicted molar refractivity (Wildman–Crippen MR) is 53.0 cm³/mol. The summed E-state index contributed by atoms with van der Waals surface area (Å²) in [5, 5.41) is 20.9.